The first-order chi connectivity index (χ1) is 8.22. The fourth-order valence-corrected chi connectivity index (χ4v) is 1.47. The Bertz CT molecular complexity index is 460. The van der Waals surface area contributed by atoms with Crippen LogP contribution >= 0.6 is 0 Å². The molecule has 0 radical (unpaired) electrons. The minimum Gasteiger partial charge on any atom is -0.384 e. The van der Waals surface area contributed by atoms with E-state index in [9.17, 15) is 0 Å². The Labute approximate surface area is 101 Å². The van der Waals surface area contributed by atoms with E-state index in [-0.39, 0.29) is 11.4 Å². The summed E-state index contributed by atoms with van der Waals surface area (Å²) in [7, 11) is 0. The standard InChI is InChI=1S/C13H14N4/c1-2-17(13(16)12(8-14)9-15)10-11-6-4-3-5-7-11/h3-7H,2,10,16H2,1H3. The van der Waals surface area contributed by atoms with Gasteiger partial charge in [-0.15, -0.1) is 0 Å². The molecule has 1 aromatic carbocycles. The van der Waals surface area contributed by atoms with Gasteiger partial charge >= 0.3 is 0 Å². The highest BCUT2D eigenvalue weighted by molar-refractivity contribution is 5.38. The van der Waals surface area contributed by atoms with Gasteiger partial charge in [-0.1, -0.05) is 30.3 Å². The number of nitriles is 2. The van der Waals surface area contributed by atoms with Gasteiger partial charge in [0.15, 0.2) is 5.57 Å². The predicted octanol–water partition coefficient (Wildman–Crippen LogP) is 1.73. The molecule has 4 nitrogen and oxygen atoms in total. The lowest BCUT2D eigenvalue weighted by atomic mass is 10.2. The molecule has 0 heterocycles. The highest BCUT2D eigenvalue weighted by Gasteiger charge is 2.10. The molecule has 0 aliphatic rings. The van der Waals surface area contributed by atoms with Gasteiger partial charge in [0.2, 0.25) is 0 Å². The lowest BCUT2D eigenvalue weighted by Gasteiger charge is -2.23. The average Bonchev–Trinajstić information content (AvgIpc) is 2.38. The summed E-state index contributed by atoms with van der Waals surface area (Å²) >= 11 is 0. The summed E-state index contributed by atoms with van der Waals surface area (Å²) in [6.07, 6.45) is 0. The van der Waals surface area contributed by atoms with Crippen LogP contribution < -0.4 is 5.73 Å². The Morgan fingerprint density at radius 1 is 1.24 bits per heavy atom. The Morgan fingerprint density at radius 2 is 1.82 bits per heavy atom. The van der Waals surface area contributed by atoms with Crippen molar-refractivity contribution >= 4 is 0 Å². The third-order valence-electron chi connectivity index (χ3n) is 2.42. The van der Waals surface area contributed by atoms with Crippen LogP contribution in [-0.2, 0) is 6.54 Å². The fraction of sp³-hybridized carbons (Fsp3) is 0.231. The van der Waals surface area contributed by atoms with Crippen molar-refractivity contribution in [3.05, 3.63) is 47.3 Å². The topological polar surface area (TPSA) is 76.8 Å². The van der Waals surface area contributed by atoms with Crippen molar-refractivity contribution in [2.75, 3.05) is 6.54 Å². The van der Waals surface area contributed by atoms with E-state index in [4.69, 9.17) is 16.3 Å². The largest absolute Gasteiger partial charge is 0.384 e. The van der Waals surface area contributed by atoms with Gasteiger partial charge in [0.05, 0.1) is 0 Å². The van der Waals surface area contributed by atoms with Gasteiger partial charge in [-0.2, -0.15) is 10.5 Å². The van der Waals surface area contributed by atoms with E-state index in [0.717, 1.165) is 5.56 Å². The molecule has 0 saturated heterocycles. The minimum atomic E-state index is -0.0391. The molecule has 86 valence electrons. The third-order valence-corrected chi connectivity index (χ3v) is 2.42. The lowest BCUT2D eigenvalue weighted by Crippen LogP contribution is -2.28. The number of hydrogen-bond donors (Lipinski definition) is 1. The molecule has 0 spiro atoms. The quantitative estimate of drug-likeness (QED) is 0.793. The zero-order valence-corrected chi connectivity index (χ0v) is 9.72. The monoisotopic (exact) mass is 226 g/mol. The molecule has 1 rings (SSSR count). The average molecular weight is 226 g/mol. The van der Waals surface area contributed by atoms with Crippen molar-refractivity contribution in [1.82, 2.24) is 4.90 Å². The van der Waals surface area contributed by atoms with Crippen LogP contribution in [-0.4, -0.2) is 11.4 Å². The Kier molecular flexibility index (Phi) is 4.59. The maximum absolute atomic E-state index is 8.77. The fourth-order valence-electron chi connectivity index (χ4n) is 1.47. The molecule has 0 saturated carbocycles. The van der Waals surface area contributed by atoms with Crippen LogP contribution in [0, 0.1) is 22.7 Å². The number of rotatable bonds is 4. The van der Waals surface area contributed by atoms with Gasteiger partial charge in [0.1, 0.15) is 18.0 Å². The van der Waals surface area contributed by atoms with E-state index >= 15 is 0 Å². The minimum absolute atomic E-state index is 0.0391. The Balaban J connectivity index is 2.92. The van der Waals surface area contributed by atoms with E-state index in [1.54, 1.807) is 17.0 Å². The normalized spacial score (nSPS) is 8.88. The zero-order valence-electron chi connectivity index (χ0n) is 9.72. The number of nitrogens with zero attached hydrogens (tertiary/aromatic N) is 3. The maximum atomic E-state index is 8.77. The van der Waals surface area contributed by atoms with Crippen LogP contribution in [0.1, 0.15) is 12.5 Å². The van der Waals surface area contributed by atoms with Crippen molar-refractivity contribution < 1.29 is 0 Å². The molecule has 0 bridgehead atoms. The first-order valence-electron chi connectivity index (χ1n) is 5.31. The molecule has 4 heteroatoms. The summed E-state index contributed by atoms with van der Waals surface area (Å²) in [5, 5.41) is 17.5. The van der Waals surface area contributed by atoms with Crippen LogP contribution in [0.2, 0.25) is 0 Å². The van der Waals surface area contributed by atoms with Gasteiger partial charge in [0, 0.05) is 13.1 Å². The van der Waals surface area contributed by atoms with Gasteiger partial charge < -0.3 is 10.6 Å². The molecular formula is C13H14N4. The van der Waals surface area contributed by atoms with Crippen molar-refractivity contribution in [3.63, 3.8) is 0 Å². The maximum Gasteiger partial charge on any atom is 0.169 e. The van der Waals surface area contributed by atoms with E-state index < -0.39 is 0 Å². The summed E-state index contributed by atoms with van der Waals surface area (Å²) in [6.45, 7) is 3.17. The molecule has 1 aromatic rings. The second-order valence-electron chi connectivity index (χ2n) is 3.48. The van der Waals surface area contributed by atoms with Crippen molar-refractivity contribution in [1.29, 1.82) is 10.5 Å². The molecule has 0 aliphatic carbocycles. The molecule has 0 amide bonds. The summed E-state index contributed by atoms with van der Waals surface area (Å²) in [4.78, 5) is 1.80. The Morgan fingerprint density at radius 3 is 2.29 bits per heavy atom. The van der Waals surface area contributed by atoms with Gasteiger partial charge in [-0.25, -0.2) is 0 Å². The second-order valence-corrected chi connectivity index (χ2v) is 3.48. The molecule has 0 unspecified atom stereocenters. The lowest BCUT2D eigenvalue weighted by molar-refractivity contribution is 0.349. The van der Waals surface area contributed by atoms with Crippen LogP contribution in [0.4, 0.5) is 0 Å². The first kappa shape index (κ1) is 12.6. The summed E-state index contributed by atoms with van der Waals surface area (Å²) in [5.74, 6) is 0.237. The number of hydrogen-bond acceptors (Lipinski definition) is 4. The molecule has 2 N–H and O–H groups in total. The second kappa shape index (κ2) is 6.19. The van der Waals surface area contributed by atoms with E-state index in [0.29, 0.717) is 13.1 Å². The first-order valence-corrected chi connectivity index (χ1v) is 5.31. The molecule has 17 heavy (non-hydrogen) atoms. The van der Waals surface area contributed by atoms with Gasteiger partial charge in [0.25, 0.3) is 0 Å². The molecule has 0 aliphatic heterocycles. The SMILES string of the molecule is CCN(Cc1ccccc1)C(N)=C(C#N)C#N. The highest BCUT2D eigenvalue weighted by Crippen LogP contribution is 2.10. The van der Waals surface area contributed by atoms with Gasteiger partial charge in [-0.05, 0) is 12.5 Å². The van der Waals surface area contributed by atoms with Crippen LogP contribution in [0.3, 0.4) is 0 Å². The predicted molar refractivity (Wildman–Crippen MR) is 65.0 cm³/mol. The van der Waals surface area contributed by atoms with Gasteiger partial charge in [-0.3, -0.25) is 0 Å². The van der Waals surface area contributed by atoms with Crippen molar-refractivity contribution in [2.24, 2.45) is 5.73 Å². The van der Waals surface area contributed by atoms with E-state index in [2.05, 4.69) is 0 Å². The van der Waals surface area contributed by atoms with E-state index in [1.807, 2.05) is 37.3 Å². The summed E-state index contributed by atoms with van der Waals surface area (Å²) in [6, 6.07) is 13.4. The number of benzene rings is 1. The molecule has 0 atom stereocenters. The third kappa shape index (κ3) is 3.25. The number of allylic oxidation sites excluding steroid dienone is 1. The smallest absolute Gasteiger partial charge is 0.169 e. The van der Waals surface area contributed by atoms with Crippen LogP contribution in [0.25, 0.3) is 0 Å². The summed E-state index contributed by atoms with van der Waals surface area (Å²) < 4.78 is 0. The molecule has 0 aromatic heterocycles. The number of nitrogens with two attached hydrogens (primary N) is 1. The van der Waals surface area contributed by atoms with E-state index in [1.165, 1.54) is 0 Å². The van der Waals surface area contributed by atoms with Crippen molar-refractivity contribution in [3.8, 4) is 12.1 Å². The Hall–Kier alpha value is -2.46. The summed E-state index contributed by atoms with van der Waals surface area (Å²) in [5.41, 5.74) is 6.85. The molecular weight excluding hydrogens is 212 g/mol. The van der Waals surface area contributed by atoms with Crippen LogP contribution in [0.15, 0.2) is 41.7 Å². The molecule has 0 fully saturated rings. The highest BCUT2D eigenvalue weighted by atomic mass is 15.2. The van der Waals surface area contributed by atoms with Crippen LogP contribution in [0.5, 0.6) is 0 Å². The zero-order chi connectivity index (χ0) is 12.7. The van der Waals surface area contributed by atoms with Crippen molar-refractivity contribution in [2.45, 2.75) is 13.5 Å².